The normalized spacial score (nSPS) is 57.2. The number of hydrogen-bond acceptors (Lipinski definition) is 0. The van der Waals surface area contributed by atoms with Gasteiger partial charge in [-0.1, -0.05) is 58.8 Å². The van der Waals surface area contributed by atoms with Crippen molar-refractivity contribution in [1.29, 1.82) is 0 Å². The summed E-state index contributed by atoms with van der Waals surface area (Å²) >= 11 is 0. The first-order valence-corrected chi connectivity index (χ1v) is 9.17. The Morgan fingerprint density at radius 3 is 2.11 bits per heavy atom. The molecule has 0 heterocycles. The molecule has 0 aromatic carbocycles. The molecule has 0 saturated heterocycles. The van der Waals surface area contributed by atoms with Crippen LogP contribution in [0.15, 0.2) is 0 Å². The van der Waals surface area contributed by atoms with Gasteiger partial charge in [0, 0.05) is 0 Å². The van der Waals surface area contributed by atoms with E-state index in [2.05, 4.69) is 13.8 Å². The molecule has 0 N–H and O–H groups in total. The van der Waals surface area contributed by atoms with Gasteiger partial charge in [-0.05, 0) is 60.2 Å². The number of rotatable bonds is 0. The topological polar surface area (TPSA) is 0 Å². The third-order valence-electron chi connectivity index (χ3n) is 8.53. The van der Waals surface area contributed by atoms with Crippen molar-refractivity contribution in [3.8, 4) is 0 Å². The minimum atomic E-state index is 0.797. The quantitative estimate of drug-likeness (QED) is 0.504. The molecule has 5 atom stereocenters. The summed E-state index contributed by atoms with van der Waals surface area (Å²) in [4.78, 5) is 0. The zero-order valence-electron chi connectivity index (χ0n) is 13.1. The maximum Gasteiger partial charge on any atom is -0.0174 e. The molecule has 4 saturated carbocycles. The minimum absolute atomic E-state index is 0.797. The Kier molecular flexibility index (Phi) is 2.69. The van der Waals surface area contributed by atoms with Gasteiger partial charge in [-0.25, -0.2) is 0 Å². The van der Waals surface area contributed by atoms with Gasteiger partial charge in [-0.3, -0.25) is 0 Å². The molecule has 4 rings (SSSR count). The zero-order chi connectivity index (χ0) is 13.1. The van der Waals surface area contributed by atoms with Crippen LogP contribution in [-0.4, -0.2) is 0 Å². The highest BCUT2D eigenvalue weighted by Gasteiger charge is 2.78. The Bertz CT molecular complexity index is 368. The third kappa shape index (κ3) is 1.37. The van der Waals surface area contributed by atoms with Crippen molar-refractivity contribution >= 4 is 0 Å². The van der Waals surface area contributed by atoms with Crippen LogP contribution in [0.2, 0.25) is 0 Å². The van der Waals surface area contributed by atoms with Crippen molar-refractivity contribution in [3.63, 3.8) is 0 Å². The van der Waals surface area contributed by atoms with Crippen LogP contribution in [-0.2, 0) is 0 Å². The molecule has 4 aliphatic carbocycles. The van der Waals surface area contributed by atoms with Crippen LogP contribution in [0.4, 0.5) is 0 Å². The Hall–Kier alpha value is 0. The predicted molar refractivity (Wildman–Crippen MR) is 81.0 cm³/mol. The molecule has 0 aromatic rings. The predicted octanol–water partition coefficient (Wildman–Crippen LogP) is 5.95. The molecule has 0 nitrogen and oxygen atoms in total. The second kappa shape index (κ2) is 4.01. The Morgan fingerprint density at radius 1 is 0.632 bits per heavy atom. The molecular formula is C19H32. The fraction of sp³-hybridized carbons (Fsp3) is 1.00. The van der Waals surface area contributed by atoms with Gasteiger partial charge in [-0.15, -0.1) is 0 Å². The van der Waals surface area contributed by atoms with E-state index in [1.165, 1.54) is 38.5 Å². The average molecular weight is 260 g/mol. The molecule has 0 aliphatic heterocycles. The first kappa shape index (κ1) is 12.7. The molecule has 0 radical (unpaired) electrons. The summed E-state index contributed by atoms with van der Waals surface area (Å²) in [6, 6.07) is 0. The summed E-state index contributed by atoms with van der Waals surface area (Å²) in [7, 11) is 0. The number of hydrogen-bond donors (Lipinski definition) is 0. The molecule has 0 aromatic heterocycles. The average Bonchev–Trinajstić information content (AvgIpc) is 2.78. The van der Waals surface area contributed by atoms with Crippen LogP contribution in [0.1, 0.15) is 90.9 Å². The summed E-state index contributed by atoms with van der Waals surface area (Å²) < 4.78 is 0. The summed E-state index contributed by atoms with van der Waals surface area (Å²) in [5, 5.41) is 0. The lowest BCUT2D eigenvalue weighted by atomic mass is 9.62. The van der Waals surface area contributed by atoms with Gasteiger partial charge < -0.3 is 0 Å². The lowest BCUT2D eigenvalue weighted by molar-refractivity contribution is 0.0605. The number of fused-ring (bicyclic) bond motifs is 2. The van der Waals surface area contributed by atoms with E-state index in [-0.39, 0.29) is 0 Å². The fourth-order valence-corrected chi connectivity index (χ4v) is 7.59. The summed E-state index contributed by atoms with van der Waals surface area (Å²) in [6.07, 6.45) is 18.7. The van der Waals surface area contributed by atoms with Crippen LogP contribution in [0.5, 0.6) is 0 Å². The molecular weight excluding hydrogens is 228 g/mol. The molecule has 0 heteroatoms. The standard InChI is InChI=1S/C19H32/c1-15-9-6-11-17(15)12-7-13-19(17)14-18(19)10-5-3-4-8-16(18)2/h15-16H,3-14H2,1-2H3. The highest BCUT2D eigenvalue weighted by molar-refractivity contribution is 5.26. The van der Waals surface area contributed by atoms with E-state index in [0.29, 0.717) is 0 Å². The third-order valence-corrected chi connectivity index (χ3v) is 8.53. The van der Waals surface area contributed by atoms with Gasteiger partial charge in [0.2, 0.25) is 0 Å². The summed E-state index contributed by atoms with van der Waals surface area (Å²) in [6.45, 7) is 5.22. The van der Waals surface area contributed by atoms with Gasteiger partial charge in [-0.2, -0.15) is 0 Å². The van der Waals surface area contributed by atoms with Crippen molar-refractivity contribution in [1.82, 2.24) is 0 Å². The molecule has 3 spiro atoms. The van der Waals surface area contributed by atoms with E-state index in [1.54, 1.807) is 38.5 Å². The maximum absolute atomic E-state index is 2.62. The van der Waals surface area contributed by atoms with Crippen LogP contribution < -0.4 is 0 Å². The van der Waals surface area contributed by atoms with Gasteiger partial charge in [0.1, 0.15) is 0 Å². The van der Waals surface area contributed by atoms with Crippen molar-refractivity contribution in [3.05, 3.63) is 0 Å². The van der Waals surface area contributed by atoms with Crippen molar-refractivity contribution < 1.29 is 0 Å². The van der Waals surface area contributed by atoms with Crippen LogP contribution in [0, 0.1) is 28.1 Å². The fourth-order valence-electron chi connectivity index (χ4n) is 7.59. The van der Waals surface area contributed by atoms with E-state index in [9.17, 15) is 0 Å². The summed E-state index contributed by atoms with van der Waals surface area (Å²) in [5.74, 6) is 2.06. The Balaban J connectivity index is 1.71. The largest absolute Gasteiger partial charge is 0.0620 e. The van der Waals surface area contributed by atoms with Crippen LogP contribution >= 0.6 is 0 Å². The highest BCUT2D eigenvalue weighted by atomic mass is 14.8. The Labute approximate surface area is 119 Å². The van der Waals surface area contributed by atoms with Gasteiger partial charge in [0.25, 0.3) is 0 Å². The van der Waals surface area contributed by atoms with Crippen molar-refractivity contribution in [2.75, 3.05) is 0 Å². The van der Waals surface area contributed by atoms with Crippen molar-refractivity contribution in [2.24, 2.45) is 28.1 Å². The molecule has 4 fully saturated rings. The highest BCUT2D eigenvalue weighted by Crippen LogP contribution is 2.86. The van der Waals surface area contributed by atoms with Gasteiger partial charge >= 0.3 is 0 Å². The lowest BCUT2D eigenvalue weighted by Crippen LogP contribution is -2.36. The molecule has 19 heavy (non-hydrogen) atoms. The van der Waals surface area contributed by atoms with E-state index in [1.807, 2.05) is 0 Å². The molecule has 0 bridgehead atoms. The molecule has 5 unspecified atom stereocenters. The molecule has 0 amide bonds. The minimum Gasteiger partial charge on any atom is -0.0620 e. The monoisotopic (exact) mass is 260 g/mol. The van der Waals surface area contributed by atoms with E-state index >= 15 is 0 Å². The summed E-state index contributed by atoms with van der Waals surface area (Å²) in [5.41, 5.74) is 2.42. The first-order valence-electron chi connectivity index (χ1n) is 9.17. The second-order valence-corrected chi connectivity index (χ2v) is 8.72. The SMILES string of the molecule is CC1CCCC12CCCC21CC12CCCCCC2C. The lowest BCUT2D eigenvalue weighted by Gasteiger charge is -2.42. The zero-order valence-corrected chi connectivity index (χ0v) is 13.1. The van der Waals surface area contributed by atoms with Crippen LogP contribution in [0.25, 0.3) is 0 Å². The smallest absolute Gasteiger partial charge is 0.0174 e. The van der Waals surface area contributed by atoms with Crippen LogP contribution in [0.3, 0.4) is 0 Å². The van der Waals surface area contributed by atoms with Gasteiger partial charge in [0.05, 0.1) is 0 Å². The second-order valence-electron chi connectivity index (χ2n) is 8.72. The Morgan fingerprint density at radius 2 is 1.32 bits per heavy atom. The van der Waals surface area contributed by atoms with E-state index < -0.39 is 0 Å². The molecule has 108 valence electrons. The molecule has 4 aliphatic rings. The van der Waals surface area contributed by atoms with Crippen molar-refractivity contribution in [2.45, 2.75) is 90.9 Å². The van der Waals surface area contributed by atoms with Gasteiger partial charge in [0.15, 0.2) is 0 Å². The first-order chi connectivity index (χ1) is 9.17. The van der Waals surface area contributed by atoms with E-state index in [0.717, 1.165) is 28.1 Å². The van der Waals surface area contributed by atoms with E-state index in [4.69, 9.17) is 0 Å². The maximum atomic E-state index is 2.62.